The zero-order valence-corrected chi connectivity index (χ0v) is 20.0. The van der Waals surface area contributed by atoms with Crippen LogP contribution in [0, 0.1) is 5.41 Å². The lowest BCUT2D eigenvalue weighted by Crippen LogP contribution is -2.25. The van der Waals surface area contributed by atoms with E-state index in [9.17, 15) is 4.79 Å². The van der Waals surface area contributed by atoms with Gasteiger partial charge in [-0.2, -0.15) is 0 Å². The zero-order valence-electron chi connectivity index (χ0n) is 20.0. The van der Waals surface area contributed by atoms with E-state index in [1.54, 1.807) is 12.4 Å². The predicted molar refractivity (Wildman–Crippen MR) is 139 cm³/mol. The lowest BCUT2D eigenvalue weighted by atomic mass is 10.0. The van der Waals surface area contributed by atoms with Crippen molar-refractivity contribution in [3.63, 3.8) is 0 Å². The summed E-state index contributed by atoms with van der Waals surface area (Å²) in [5, 5.41) is 11.6. The number of nitrogens with one attached hydrogen (secondary N) is 3. The van der Waals surface area contributed by atoms with Gasteiger partial charge in [0.2, 0.25) is 5.88 Å². The Labute approximate surface area is 204 Å². The van der Waals surface area contributed by atoms with E-state index in [-0.39, 0.29) is 11.7 Å². The predicted octanol–water partition coefficient (Wildman–Crippen LogP) is 3.43. The second-order valence-corrected chi connectivity index (χ2v) is 8.62. The van der Waals surface area contributed by atoms with Crippen LogP contribution >= 0.6 is 0 Å². The maximum atomic E-state index is 12.6. The quantitative estimate of drug-likeness (QED) is 0.209. The molecule has 35 heavy (non-hydrogen) atoms. The van der Waals surface area contributed by atoms with Gasteiger partial charge in [0.15, 0.2) is 0 Å². The number of amidine groups is 1. The Hall–Kier alpha value is -4.17. The average Bonchev–Trinajstić information content (AvgIpc) is 3.28. The molecule has 0 aliphatic carbocycles. The summed E-state index contributed by atoms with van der Waals surface area (Å²) in [7, 11) is 4.00. The molecule has 0 atom stereocenters. The van der Waals surface area contributed by atoms with Crippen LogP contribution in [-0.4, -0.2) is 60.4 Å². The Morgan fingerprint density at radius 3 is 2.57 bits per heavy atom. The smallest absolute Gasteiger partial charge is 0.251 e. The molecule has 2 aromatic heterocycles. The number of ether oxygens (including phenoxy) is 1. The number of likely N-dealkylation sites (N-methyl/N-ethyl adjacent to an activating group) is 1. The van der Waals surface area contributed by atoms with Crippen LogP contribution in [0.4, 0.5) is 0 Å². The molecule has 0 radical (unpaired) electrons. The van der Waals surface area contributed by atoms with Crippen molar-refractivity contribution in [2.24, 2.45) is 5.73 Å². The van der Waals surface area contributed by atoms with E-state index in [1.165, 1.54) is 0 Å². The van der Waals surface area contributed by atoms with E-state index in [1.807, 2.05) is 68.7 Å². The fourth-order valence-corrected chi connectivity index (χ4v) is 3.75. The molecule has 0 fully saturated rings. The number of hydrogen-bond donors (Lipinski definition) is 4. The molecule has 0 bridgehead atoms. The minimum atomic E-state index is -0.119. The number of carbonyl (C=O) groups excluding carboxylic acids is 1. The number of carbonyl (C=O) groups is 1. The molecular weight excluding hydrogens is 440 g/mol. The summed E-state index contributed by atoms with van der Waals surface area (Å²) in [6.45, 7) is 1.92. The minimum Gasteiger partial charge on any atom is -0.476 e. The van der Waals surface area contributed by atoms with Crippen LogP contribution in [0.15, 0.2) is 67.0 Å². The van der Waals surface area contributed by atoms with Crippen molar-refractivity contribution >= 4 is 22.6 Å². The number of H-pyrrole nitrogens is 1. The highest BCUT2D eigenvalue weighted by Crippen LogP contribution is 2.22. The van der Waals surface area contributed by atoms with Crippen molar-refractivity contribution in [2.75, 3.05) is 33.8 Å². The number of nitrogens with two attached hydrogens (primary N) is 1. The van der Waals surface area contributed by atoms with Gasteiger partial charge in [0.1, 0.15) is 12.4 Å². The van der Waals surface area contributed by atoms with Crippen LogP contribution < -0.4 is 15.8 Å². The molecule has 8 nitrogen and oxygen atoms in total. The van der Waals surface area contributed by atoms with Crippen LogP contribution in [0.3, 0.4) is 0 Å². The number of fused-ring (bicyclic) bond motifs is 1. The van der Waals surface area contributed by atoms with Crippen molar-refractivity contribution in [1.29, 1.82) is 5.41 Å². The Morgan fingerprint density at radius 1 is 1.11 bits per heavy atom. The number of hydrogen-bond acceptors (Lipinski definition) is 5. The second-order valence-electron chi connectivity index (χ2n) is 8.62. The number of amides is 1. The number of aromatic amines is 1. The molecule has 0 saturated carbocycles. The molecule has 2 heterocycles. The molecule has 180 valence electrons. The lowest BCUT2D eigenvalue weighted by Gasteiger charge is -2.10. The maximum Gasteiger partial charge on any atom is 0.251 e. The van der Waals surface area contributed by atoms with Gasteiger partial charge in [-0.3, -0.25) is 10.2 Å². The van der Waals surface area contributed by atoms with E-state index in [0.29, 0.717) is 36.6 Å². The lowest BCUT2D eigenvalue weighted by molar-refractivity contribution is 0.0954. The summed E-state index contributed by atoms with van der Waals surface area (Å²) in [5.41, 5.74) is 10.9. The third-order valence-electron chi connectivity index (χ3n) is 5.74. The standard InChI is InChI=1S/C27H30N6O2/c1-33(2)13-14-35-25-10-8-21(16-32-25)19-4-6-20(7-5-19)27(34)30-12-11-18-3-9-24-22(15-18)23(17-31-24)26(28)29/h3-10,15-17,31H,11-14H2,1-2H3,(H3,28,29)(H,30,34). The number of rotatable bonds is 10. The van der Waals surface area contributed by atoms with E-state index >= 15 is 0 Å². The monoisotopic (exact) mass is 470 g/mol. The first kappa shape index (κ1) is 24.0. The molecule has 4 rings (SSSR count). The molecule has 1 amide bonds. The highest BCUT2D eigenvalue weighted by molar-refractivity contribution is 6.07. The van der Waals surface area contributed by atoms with E-state index in [0.717, 1.165) is 34.1 Å². The Bertz CT molecular complexity index is 1310. The van der Waals surface area contributed by atoms with Gasteiger partial charge in [0, 0.05) is 59.1 Å². The Kier molecular flexibility index (Phi) is 7.42. The molecule has 8 heteroatoms. The van der Waals surface area contributed by atoms with Crippen LogP contribution in [0.2, 0.25) is 0 Å². The number of nitrogen functional groups attached to an aromatic ring is 1. The fraction of sp³-hybridized carbons (Fsp3) is 0.222. The van der Waals surface area contributed by atoms with Crippen molar-refractivity contribution in [2.45, 2.75) is 6.42 Å². The number of nitrogens with zero attached hydrogens (tertiary/aromatic N) is 2. The third-order valence-corrected chi connectivity index (χ3v) is 5.74. The molecule has 0 aliphatic heterocycles. The van der Waals surface area contributed by atoms with Gasteiger partial charge in [0.05, 0.1) is 0 Å². The summed E-state index contributed by atoms with van der Waals surface area (Å²) in [4.78, 5) is 22.1. The minimum absolute atomic E-state index is 0.0326. The van der Waals surface area contributed by atoms with Crippen LogP contribution in [-0.2, 0) is 6.42 Å². The molecule has 4 aromatic rings. The normalized spacial score (nSPS) is 11.1. The molecule has 2 aromatic carbocycles. The first-order valence-electron chi connectivity index (χ1n) is 11.5. The number of benzene rings is 2. The zero-order chi connectivity index (χ0) is 24.8. The Balaban J connectivity index is 1.31. The topological polar surface area (TPSA) is 120 Å². The van der Waals surface area contributed by atoms with Crippen LogP contribution in [0.25, 0.3) is 22.0 Å². The summed E-state index contributed by atoms with van der Waals surface area (Å²) in [5.74, 6) is 0.511. The maximum absolute atomic E-state index is 12.6. The van der Waals surface area contributed by atoms with Crippen molar-refractivity contribution in [1.82, 2.24) is 20.2 Å². The Morgan fingerprint density at radius 2 is 1.89 bits per heavy atom. The molecule has 0 saturated heterocycles. The van der Waals surface area contributed by atoms with Crippen molar-refractivity contribution in [3.05, 3.63) is 83.7 Å². The van der Waals surface area contributed by atoms with Crippen molar-refractivity contribution < 1.29 is 9.53 Å². The van der Waals surface area contributed by atoms with Gasteiger partial charge in [-0.1, -0.05) is 18.2 Å². The number of aromatic nitrogens is 2. The van der Waals surface area contributed by atoms with Gasteiger partial charge < -0.3 is 25.7 Å². The largest absolute Gasteiger partial charge is 0.476 e. The van der Waals surface area contributed by atoms with E-state index < -0.39 is 0 Å². The third kappa shape index (κ3) is 6.04. The summed E-state index contributed by atoms with van der Waals surface area (Å²) in [6.07, 6.45) is 4.20. The molecule has 0 spiro atoms. The second kappa shape index (κ2) is 10.8. The van der Waals surface area contributed by atoms with E-state index in [4.69, 9.17) is 15.9 Å². The first-order chi connectivity index (χ1) is 16.9. The summed E-state index contributed by atoms with van der Waals surface area (Å²) in [6, 6.07) is 17.3. The van der Waals surface area contributed by atoms with E-state index in [2.05, 4.69) is 20.2 Å². The molecule has 0 unspecified atom stereocenters. The highest BCUT2D eigenvalue weighted by Gasteiger charge is 2.09. The van der Waals surface area contributed by atoms with Gasteiger partial charge >= 0.3 is 0 Å². The summed E-state index contributed by atoms with van der Waals surface area (Å²) < 4.78 is 5.64. The highest BCUT2D eigenvalue weighted by atomic mass is 16.5. The van der Waals surface area contributed by atoms with Gasteiger partial charge in [-0.25, -0.2) is 4.98 Å². The molecule has 0 aliphatic rings. The van der Waals surface area contributed by atoms with Crippen LogP contribution in [0.5, 0.6) is 5.88 Å². The van der Waals surface area contributed by atoms with Gasteiger partial charge in [-0.15, -0.1) is 0 Å². The average molecular weight is 471 g/mol. The number of pyridine rings is 1. The molecular formula is C27H30N6O2. The van der Waals surface area contributed by atoms with Crippen molar-refractivity contribution in [3.8, 4) is 17.0 Å². The molecule has 5 N–H and O–H groups in total. The van der Waals surface area contributed by atoms with Gasteiger partial charge in [0.25, 0.3) is 5.91 Å². The SMILES string of the molecule is CN(C)CCOc1ccc(-c2ccc(C(=O)NCCc3ccc4[nH]cc(C(=N)N)c4c3)cc2)cn1. The van der Waals surface area contributed by atoms with Crippen LogP contribution in [0.1, 0.15) is 21.5 Å². The van der Waals surface area contributed by atoms with Gasteiger partial charge in [-0.05, 0) is 62.0 Å². The fourth-order valence-electron chi connectivity index (χ4n) is 3.75. The summed E-state index contributed by atoms with van der Waals surface area (Å²) >= 11 is 0. The first-order valence-corrected chi connectivity index (χ1v) is 11.5.